The molecular formula is C11H19ClN4O. The van der Waals surface area contributed by atoms with Crippen LogP contribution in [0, 0.1) is 13.8 Å². The number of nitrogens with one attached hydrogen (secondary N) is 1. The molecule has 3 N–H and O–H groups in total. The van der Waals surface area contributed by atoms with Crippen LogP contribution in [0.4, 0.5) is 0 Å². The summed E-state index contributed by atoms with van der Waals surface area (Å²) in [7, 11) is 0. The maximum Gasteiger partial charge on any atom is 0.221 e. The second-order valence-corrected chi connectivity index (χ2v) is 4.33. The van der Waals surface area contributed by atoms with E-state index in [-0.39, 0.29) is 5.91 Å². The molecule has 1 aromatic rings. The standard InChI is InChI=1S/C11H19ClN4O/c1-8-11(12)9(2)16(15-8)7-4-10(17)14-6-3-5-13/h3-7,13H2,1-2H3,(H,14,17). The molecule has 1 amide bonds. The molecular weight excluding hydrogens is 240 g/mol. The van der Waals surface area contributed by atoms with Gasteiger partial charge >= 0.3 is 0 Å². The Morgan fingerprint density at radius 1 is 1.53 bits per heavy atom. The molecule has 1 rings (SSSR count). The van der Waals surface area contributed by atoms with Gasteiger partial charge in [0, 0.05) is 13.0 Å². The first kappa shape index (κ1) is 14.0. The molecule has 0 radical (unpaired) electrons. The first-order chi connectivity index (χ1) is 8.06. The highest BCUT2D eigenvalue weighted by Crippen LogP contribution is 2.18. The Kier molecular flexibility index (Phi) is 5.44. The van der Waals surface area contributed by atoms with Crippen LogP contribution in [0.25, 0.3) is 0 Å². The summed E-state index contributed by atoms with van der Waals surface area (Å²) < 4.78 is 1.76. The number of aromatic nitrogens is 2. The van der Waals surface area contributed by atoms with Crippen LogP contribution in [0.2, 0.25) is 5.02 Å². The van der Waals surface area contributed by atoms with Gasteiger partial charge in [-0.2, -0.15) is 5.10 Å². The Morgan fingerprint density at radius 2 is 2.24 bits per heavy atom. The minimum absolute atomic E-state index is 0.0159. The summed E-state index contributed by atoms with van der Waals surface area (Å²) in [4.78, 5) is 11.5. The van der Waals surface area contributed by atoms with Gasteiger partial charge in [-0.1, -0.05) is 11.6 Å². The van der Waals surface area contributed by atoms with Crippen LogP contribution in [0.1, 0.15) is 24.2 Å². The molecule has 0 aliphatic carbocycles. The largest absolute Gasteiger partial charge is 0.356 e. The molecule has 0 fully saturated rings. The zero-order valence-electron chi connectivity index (χ0n) is 10.3. The van der Waals surface area contributed by atoms with Crippen molar-refractivity contribution in [2.75, 3.05) is 13.1 Å². The van der Waals surface area contributed by atoms with Crippen LogP contribution in [-0.2, 0) is 11.3 Å². The quantitative estimate of drug-likeness (QED) is 0.748. The van der Waals surface area contributed by atoms with Gasteiger partial charge in [0.15, 0.2) is 0 Å². The third-order valence-electron chi connectivity index (χ3n) is 2.55. The molecule has 0 aliphatic rings. The molecule has 0 bridgehead atoms. The third kappa shape index (κ3) is 4.02. The molecule has 5 nitrogen and oxygen atoms in total. The van der Waals surface area contributed by atoms with Crippen LogP contribution in [0.5, 0.6) is 0 Å². The van der Waals surface area contributed by atoms with Crippen molar-refractivity contribution in [1.29, 1.82) is 0 Å². The topological polar surface area (TPSA) is 72.9 Å². The first-order valence-corrected chi connectivity index (χ1v) is 6.10. The van der Waals surface area contributed by atoms with Crippen LogP contribution >= 0.6 is 11.6 Å². The Labute approximate surface area is 106 Å². The molecule has 0 atom stereocenters. The molecule has 0 saturated heterocycles. The molecule has 0 aromatic carbocycles. The van der Waals surface area contributed by atoms with E-state index in [4.69, 9.17) is 17.3 Å². The Hall–Kier alpha value is -1.07. The minimum atomic E-state index is 0.0159. The summed E-state index contributed by atoms with van der Waals surface area (Å²) in [5.41, 5.74) is 7.04. The number of hydrogen-bond acceptors (Lipinski definition) is 3. The van der Waals surface area contributed by atoms with Crippen molar-refractivity contribution in [3.05, 3.63) is 16.4 Å². The van der Waals surface area contributed by atoms with Gasteiger partial charge in [0.2, 0.25) is 5.91 Å². The van der Waals surface area contributed by atoms with E-state index >= 15 is 0 Å². The Bertz CT molecular complexity index is 389. The van der Waals surface area contributed by atoms with E-state index in [1.807, 2.05) is 13.8 Å². The average molecular weight is 259 g/mol. The zero-order chi connectivity index (χ0) is 12.8. The molecule has 6 heteroatoms. The summed E-state index contributed by atoms with van der Waals surface area (Å²) >= 11 is 6.02. The van der Waals surface area contributed by atoms with Crippen molar-refractivity contribution in [1.82, 2.24) is 15.1 Å². The van der Waals surface area contributed by atoms with E-state index in [0.29, 0.717) is 31.1 Å². The normalized spacial score (nSPS) is 10.6. The summed E-state index contributed by atoms with van der Waals surface area (Å²) in [6, 6.07) is 0. The highest BCUT2D eigenvalue weighted by Gasteiger charge is 2.10. The van der Waals surface area contributed by atoms with Crippen molar-refractivity contribution in [2.45, 2.75) is 33.2 Å². The van der Waals surface area contributed by atoms with E-state index in [2.05, 4.69) is 10.4 Å². The first-order valence-electron chi connectivity index (χ1n) is 5.72. The second-order valence-electron chi connectivity index (χ2n) is 3.95. The Morgan fingerprint density at radius 3 is 2.76 bits per heavy atom. The lowest BCUT2D eigenvalue weighted by atomic mass is 10.3. The highest BCUT2D eigenvalue weighted by atomic mass is 35.5. The third-order valence-corrected chi connectivity index (χ3v) is 3.09. The molecule has 0 unspecified atom stereocenters. The second kappa shape index (κ2) is 6.61. The SMILES string of the molecule is Cc1nn(CCC(=O)NCCCN)c(C)c1Cl. The van der Waals surface area contributed by atoms with Gasteiger partial charge in [-0.25, -0.2) is 0 Å². The fourth-order valence-electron chi connectivity index (χ4n) is 1.52. The van der Waals surface area contributed by atoms with E-state index < -0.39 is 0 Å². The van der Waals surface area contributed by atoms with Crippen LogP contribution < -0.4 is 11.1 Å². The number of halogens is 1. The number of nitrogens with zero attached hydrogens (tertiary/aromatic N) is 2. The number of hydrogen-bond donors (Lipinski definition) is 2. The van der Waals surface area contributed by atoms with Gasteiger partial charge in [0.1, 0.15) is 0 Å². The molecule has 1 aromatic heterocycles. The fourth-order valence-corrected chi connectivity index (χ4v) is 1.65. The average Bonchev–Trinajstić information content (AvgIpc) is 2.54. The smallest absolute Gasteiger partial charge is 0.221 e. The van der Waals surface area contributed by atoms with Gasteiger partial charge in [0.25, 0.3) is 0 Å². The lowest BCUT2D eigenvalue weighted by molar-refractivity contribution is -0.121. The number of rotatable bonds is 6. The van der Waals surface area contributed by atoms with Crippen LogP contribution in [0.3, 0.4) is 0 Å². The van der Waals surface area contributed by atoms with Crippen molar-refractivity contribution < 1.29 is 4.79 Å². The van der Waals surface area contributed by atoms with Crippen molar-refractivity contribution in [3.63, 3.8) is 0 Å². The van der Waals surface area contributed by atoms with Gasteiger partial charge < -0.3 is 11.1 Å². The number of aryl methyl sites for hydroxylation is 2. The maximum absolute atomic E-state index is 11.5. The fraction of sp³-hybridized carbons (Fsp3) is 0.636. The predicted molar refractivity (Wildman–Crippen MR) is 68.0 cm³/mol. The number of nitrogens with two attached hydrogens (primary N) is 1. The summed E-state index contributed by atoms with van der Waals surface area (Å²) in [6.45, 7) is 5.52. The summed E-state index contributed by atoms with van der Waals surface area (Å²) in [5.74, 6) is 0.0159. The minimum Gasteiger partial charge on any atom is -0.356 e. The van der Waals surface area contributed by atoms with Gasteiger partial charge in [-0.05, 0) is 26.8 Å². The molecule has 0 spiro atoms. The zero-order valence-corrected chi connectivity index (χ0v) is 11.0. The van der Waals surface area contributed by atoms with Crippen molar-refractivity contribution in [3.8, 4) is 0 Å². The molecule has 96 valence electrons. The summed E-state index contributed by atoms with van der Waals surface area (Å²) in [5, 5.41) is 7.74. The van der Waals surface area contributed by atoms with Gasteiger partial charge in [-0.3, -0.25) is 9.48 Å². The number of amides is 1. The van der Waals surface area contributed by atoms with E-state index in [1.54, 1.807) is 4.68 Å². The highest BCUT2D eigenvalue weighted by molar-refractivity contribution is 6.31. The van der Waals surface area contributed by atoms with E-state index in [9.17, 15) is 4.79 Å². The monoisotopic (exact) mass is 258 g/mol. The van der Waals surface area contributed by atoms with Gasteiger partial charge in [0.05, 0.1) is 23.0 Å². The molecule has 0 aliphatic heterocycles. The molecule has 1 heterocycles. The Balaban J connectivity index is 2.39. The number of carbonyl (C=O) groups excluding carboxylic acids is 1. The predicted octanol–water partition coefficient (Wildman–Crippen LogP) is 1.01. The van der Waals surface area contributed by atoms with Crippen molar-refractivity contribution >= 4 is 17.5 Å². The summed E-state index contributed by atoms with van der Waals surface area (Å²) in [6.07, 6.45) is 1.21. The van der Waals surface area contributed by atoms with Crippen LogP contribution in [0.15, 0.2) is 0 Å². The maximum atomic E-state index is 11.5. The lowest BCUT2D eigenvalue weighted by Crippen LogP contribution is -2.27. The van der Waals surface area contributed by atoms with Gasteiger partial charge in [-0.15, -0.1) is 0 Å². The lowest BCUT2D eigenvalue weighted by Gasteiger charge is -2.05. The molecule has 17 heavy (non-hydrogen) atoms. The van der Waals surface area contributed by atoms with E-state index in [0.717, 1.165) is 17.8 Å². The molecule has 0 saturated carbocycles. The van der Waals surface area contributed by atoms with Crippen LogP contribution in [-0.4, -0.2) is 28.8 Å². The number of carbonyl (C=O) groups is 1. The van der Waals surface area contributed by atoms with E-state index in [1.165, 1.54) is 0 Å². The van der Waals surface area contributed by atoms with Crippen molar-refractivity contribution in [2.24, 2.45) is 5.73 Å².